The average Bonchev–Trinajstić information content (AvgIpc) is 3.10. The molecule has 1 aromatic carbocycles. The molecule has 2 aromatic rings. The quantitative estimate of drug-likeness (QED) is 0.879. The van der Waals surface area contributed by atoms with E-state index in [2.05, 4.69) is 20.2 Å². The minimum absolute atomic E-state index is 0.204. The summed E-state index contributed by atoms with van der Waals surface area (Å²) in [5.41, 5.74) is 1.20. The van der Waals surface area contributed by atoms with Crippen LogP contribution < -0.4 is 10.2 Å². The number of benzene rings is 1. The van der Waals surface area contributed by atoms with Crippen LogP contribution in [0.2, 0.25) is 0 Å². The first kappa shape index (κ1) is 14.8. The lowest BCUT2D eigenvalue weighted by molar-refractivity contribution is 0.102. The van der Waals surface area contributed by atoms with Gasteiger partial charge in [0.25, 0.3) is 5.91 Å². The topological polar surface area (TPSA) is 58.1 Å². The van der Waals surface area contributed by atoms with Crippen molar-refractivity contribution >= 4 is 29.2 Å². The van der Waals surface area contributed by atoms with Crippen molar-refractivity contribution < 1.29 is 4.79 Å². The number of nitrogens with zero attached hydrogens (tertiary/aromatic N) is 3. The number of anilines is 2. The van der Waals surface area contributed by atoms with Gasteiger partial charge in [0.2, 0.25) is 0 Å². The Hall–Kier alpha value is -2.08. The summed E-state index contributed by atoms with van der Waals surface area (Å²) < 4.78 is 0. The number of para-hydroxylation sites is 1. The summed E-state index contributed by atoms with van der Waals surface area (Å²) in [6, 6.07) is 9.51. The van der Waals surface area contributed by atoms with Crippen LogP contribution >= 0.6 is 11.8 Å². The van der Waals surface area contributed by atoms with Gasteiger partial charge < -0.3 is 10.2 Å². The average molecular weight is 314 g/mol. The number of hydrogen-bond donors (Lipinski definition) is 1. The smallest absolute Gasteiger partial charge is 0.274 e. The lowest BCUT2D eigenvalue weighted by Crippen LogP contribution is -2.21. The molecule has 1 fully saturated rings. The Morgan fingerprint density at radius 1 is 1.23 bits per heavy atom. The van der Waals surface area contributed by atoms with Crippen LogP contribution in [-0.2, 0) is 0 Å². The van der Waals surface area contributed by atoms with E-state index < -0.39 is 0 Å². The van der Waals surface area contributed by atoms with Crippen molar-refractivity contribution in [2.24, 2.45) is 0 Å². The Balaban J connectivity index is 1.78. The van der Waals surface area contributed by atoms with Gasteiger partial charge in [-0.2, -0.15) is 0 Å². The van der Waals surface area contributed by atoms with Crippen molar-refractivity contribution in [3.05, 3.63) is 42.4 Å². The molecule has 1 aromatic heterocycles. The zero-order valence-corrected chi connectivity index (χ0v) is 13.3. The highest BCUT2D eigenvalue weighted by molar-refractivity contribution is 7.98. The molecule has 6 heteroatoms. The third-order valence-corrected chi connectivity index (χ3v) is 4.47. The number of hydrogen-bond acceptors (Lipinski definition) is 5. The van der Waals surface area contributed by atoms with Crippen LogP contribution in [0.5, 0.6) is 0 Å². The second kappa shape index (κ2) is 6.79. The van der Waals surface area contributed by atoms with E-state index in [1.807, 2.05) is 30.5 Å². The van der Waals surface area contributed by atoms with Crippen LogP contribution in [-0.4, -0.2) is 35.2 Å². The highest BCUT2D eigenvalue weighted by atomic mass is 32.2. The summed E-state index contributed by atoms with van der Waals surface area (Å²) in [6.45, 7) is 1.99. The lowest BCUT2D eigenvalue weighted by atomic mass is 10.3. The minimum Gasteiger partial charge on any atom is -0.357 e. The minimum atomic E-state index is -0.204. The second-order valence-electron chi connectivity index (χ2n) is 5.11. The molecule has 1 aliphatic rings. The third kappa shape index (κ3) is 3.22. The van der Waals surface area contributed by atoms with Crippen LogP contribution in [0.25, 0.3) is 0 Å². The van der Waals surface area contributed by atoms with Crippen LogP contribution in [0.1, 0.15) is 23.3 Å². The van der Waals surface area contributed by atoms with E-state index in [9.17, 15) is 4.79 Å². The zero-order chi connectivity index (χ0) is 15.4. The van der Waals surface area contributed by atoms with E-state index in [-0.39, 0.29) is 5.91 Å². The fraction of sp³-hybridized carbons (Fsp3) is 0.312. The zero-order valence-electron chi connectivity index (χ0n) is 12.5. The van der Waals surface area contributed by atoms with Crippen molar-refractivity contribution in [2.75, 3.05) is 29.6 Å². The molecule has 1 N–H and O–H groups in total. The highest BCUT2D eigenvalue weighted by Crippen LogP contribution is 2.25. The Bertz CT molecular complexity index is 671. The first-order valence-electron chi connectivity index (χ1n) is 7.29. The summed E-state index contributed by atoms with van der Waals surface area (Å²) in [5, 5.41) is 2.93. The maximum absolute atomic E-state index is 12.4. The van der Waals surface area contributed by atoms with Gasteiger partial charge in [0.05, 0.1) is 5.69 Å². The summed E-state index contributed by atoms with van der Waals surface area (Å²) in [4.78, 5) is 24.0. The number of thioether (sulfide) groups is 1. The molecule has 22 heavy (non-hydrogen) atoms. The second-order valence-corrected chi connectivity index (χ2v) is 5.96. The van der Waals surface area contributed by atoms with E-state index in [0.717, 1.165) is 29.5 Å². The van der Waals surface area contributed by atoms with Crippen molar-refractivity contribution in [1.29, 1.82) is 0 Å². The van der Waals surface area contributed by atoms with Gasteiger partial charge in [0, 0.05) is 24.1 Å². The highest BCUT2D eigenvalue weighted by Gasteiger charge is 2.16. The van der Waals surface area contributed by atoms with Gasteiger partial charge >= 0.3 is 0 Å². The number of amides is 1. The first-order valence-corrected chi connectivity index (χ1v) is 8.52. The van der Waals surface area contributed by atoms with E-state index >= 15 is 0 Å². The molecule has 0 aliphatic carbocycles. The van der Waals surface area contributed by atoms with E-state index in [1.165, 1.54) is 19.2 Å². The predicted molar refractivity (Wildman–Crippen MR) is 89.7 cm³/mol. The van der Waals surface area contributed by atoms with Crippen molar-refractivity contribution in [3.8, 4) is 0 Å². The summed E-state index contributed by atoms with van der Waals surface area (Å²) in [6.07, 6.45) is 5.80. The Kier molecular flexibility index (Phi) is 4.58. The van der Waals surface area contributed by atoms with Crippen LogP contribution in [0.15, 0.2) is 41.6 Å². The van der Waals surface area contributed by atoms with Crippen LogP contribution in [0.4, 0.5) is 11.5 Å². The summed E-state index contributed by atoms with van der Waals surface area (Å²) in [7, 11) is 0. The van der Waals surface area contributed by atoms with Crippen molar-refractivity contribution in [3.63, 3.8) is 0 Å². The standard InChI is InChI=1S/C16H18N4OS/c1-22-14-7-3-2-6-12(14)19-16(21)13-10-15(18-11-17-13)20-8-4-5-9-20/h2-3,6-7,10-11H,4-5,8-9H2,1H3,(H,19,21). The van der Waals surface area contributed by atoms with Gasteiger partial charge in [-0.15, -0.1) is 11.8 Å². The molecule has 0 radical (unpaired) electrons. The first-order chi connectivity index (χ1) is 10.8. The Morgan fingerprint density at radius 2 is 2.00 bits per heavy atom. The SMILES string of the molecule is CSc1ccccc1NC(=O)c1cc(N2CCCC2)ncn1. The molecule has 1 saturated heterocycles. The molecule has 114 valence electrons. The summed E-state index contributed by atoms with van der Waals surface area (Å²) in [5.74, 6) is 0.625. The number of nitrogens with one attached hydrogen (secondary N) is 1. The summed E-state index contributed by atoms with van der Waals surface area (Å²) >= 11 is 1.60. The monoisotopic (exact) mass is 314 g/mol. The van der Waals surface area contributed by atoms with Crippen LogP contribution in [0.3, 0.4) is 0 Å². The molecule has 3 rings (SSSR count). The van der Waals surface area contributed by atoms with E-state index in [1.54, 1.807) is 17.8 Å². The molecule has 1 amide bonds. The molecule has 0 saturated carbocycles. The molecule has 0 bridgehead atoms. The predicted octanol–water partition coefficient (Wildman–Crippen LogP) is 3.05. The molecule has 0 unspecified atom stereocenters. The van der Waals surface area contributed by atoms with Gasteiger partial charge in [0.15, 0.2) is 0 Å². The molecule has 2 heterocycles. The maximum atomic E-state index is 12.4. The largest absolute Gasteiger partial charge is 0.357 e. The normalized spacial score (nSPS) is 14.1. The molecular formula is C16H18N4OS. The number of rotatable bonds is 4. The van der Waals surface area contributed by atoms with Gasteiger partial charge in [-0.05, 0) is 31.2 Å². The van der Waals surface area contributed by atoms with E-state index in [4.69, 9.17) is 0 Å². The fourth-order valence-corrected chi connectivity index (χ4v) is 3.08. The molecule has 0 spiro atoms. The van der Waals surface area contributed by atoms with Gasteiger partial charge in [0.1, 0.15) is 17.8 Å². The molecule has 1 aliphatic heterocycles. The number of carbonyl (C=O) groups is 1. The number of aromatic nitrogens is 2. The van der Waals surface area contributed by atoms with Gasteiger partial charge in [-0.1, -0.05) is 12.1 Å². The molecule has 5 nitrogen and oxygen atoms in total. The Labute approximate surface area is 134 Å². The molecular weight excluding hydrogens is 296 g/mol. The fourth-order valence-electron chi connectivity index (χ4n) is 2.52. The maximum Gasteiger partial charge on any atom is 0.274 e. The van der Waals surface area contributed by atoms with Crippen molar-refractivity contribution in [2.45, 2.75) is 17.7 Å². The van der Waals surface area contributed by atoms with Gasteiger partial charge in [-0.25, -0.2) is 9.97 Å². The Morgan fingerprint density at radius 3 is 2.77 bits per heavy atom. The van der Waals surface area contributed by atoms with E-state index in [0.29, 0.717) is 5.69 Å². The van der Waals surface area contributed by atoms with Crippen LogP contribution in [0, 0.1) is 0 Å². The van der Waals surface area contributed by atoms with Gasteiger partial charge in [-0.3, -0.25) is 4.79 Å². The third-order valence-electron chi connectivity index (χ3n) is 3.67. The van der Waals surface area contributed by atoms with Crippen molar-refractivity contribution in [1.82, 2.24) is 9.97 Å². The lowest BCUT2D eigenvalue weighted by Gasteiger charge is -2.16. The molecule has 0 atom stereocenters. The number of carbonyl (C=O) groups excluding carboxylic acids is 1.